The molecule has 1 N–H and O–H groups in total. The monoisotopic (exact) mass is 408 g/mol. The summed E-state index contributed by atoms with van der Waals surface area (Å²) in [4.78, 5) is 29.7. The number of thioether (sulfide) groups is 1. The summed E-state index contributed by atoms with van der Waals surface area (Å²) in [7, 11) is 0. The SMILES string of the molecule is O=C(O)CSc1nc2scc(-c3ccccc3)c2c(=O)n1Cc1ccccc1. The number of carbonyl (C=O) groups is 1. The van der Waals surface area contributed by atoms with Crippen LogP contribution in [-0.2, 0) is 11.3 Å². The lowest BCUT2D eigenvalue weighted by Crippen LogP contribution is -2.24. The van der Waals surface area contributed by atoms with Crippen LogP contribution in [0.1, 0.15) is 5.56 Å². The maximum Gasteiger partial charge on any atom is 0.313 e. The van der Waals surface area contributed by atoms with Gasteiger partial charge in [0.15, 0.2) is 5.16 Å². The van der Waals surface area contributed by atoms with Crippen LogP contribution in [0.5, 0.6) is 0 Å². The Balaban J connectivity index is 1.89. The summed E-state index contributed by atoms with van der Waals surface area (Å²) in [5.41, 5.74) is 2.63. The van der Waals surface area contributed by atoms with Crippen LogP contribution in [0, 0.1) is 0 Å². The molecule has 0 saturated heterocycles. The van der Waals surface area contributed by atoms with Crippen LogP contribution in [0.25, 0.3) is 21.3 Å². The van der Waals surface area contributed by atoms with E-state index in [0.29, 0.717) is 21.9 Å². The van der Waals surface area contributed by atoms with E-state index in [4.69, 9.17) is 5.11 Å². The highest BCUT2D eigenvalue weighted by Crippen LogP contribution is 2.32. The topological polar surface area (TPSA) is 72.2 Å². The van der Waals surface area contributed by atoms with E-state index in [9.17, 15) is 9.59 Å². The van der Waals surface area contributed by atoms with Gasteiger partial charge < -0.3 is 5.11 Å². The molecule has 4 aromatic rings. The Morgan fingerprint density at radius 3 is 2.43 bits per heavy atom. The third-order valence-corrected chi connectivity index (χ3v) is 6.09. The lowest BCUT2D eigenvalue weighted by Gasteiger charge is -2.12. The number of carboxylic acids is 1. The number of rotatable bonds is 6. The smallest absolute Gasteiger partial charge is 0.313 e. The number of hydrogen-bond acceptors (Lipinski definition) is 5. The Bertz CT molecular complexity index is 1180. The third-order valence-electron chi connectivity index (χ3n) is 4.25. The summed E-state index contributed by atoms with van der Waals surface area (Å²) < 4.78 is 1.57. The predicted octanol–water partition coefficient (Wildman–Crippen LogP) is 4.35. The van der Waals surface area contributed by atoms with E-state index in [1.165, 1.54) is 11.3 Å². The van der Waals surface area contributed by atoms with E-state index in [0.717, 1.165) is 28.5 Å². The van der Waals surface area contributed by atoms with Crippen molar-refractivity contribution < 1.29 is 9.90 Å². The molecule has 0 unspecified atom stereocenters. The Morgan fingerprint density at radius 1 is 1.07 bits per heavy atom. The first-order chi connectivity index (χ1) is 13.6. The highest BCUT2D eigenvalue weighted by atomic mass is 32.2. The number of benzene rings is 2. The second-order valence-corrected chi connectivity index (χ2v) is 7.95. The van der Waals surface area contributed by atoms with Crippen LogP contribution in [0.3, 0.4) is 0 Å². The van der Waals surface area contributed by atoms with E-state index in [-0.39, 0.29) is 11.3 Å². The van der Waals surface area contributed by atoms with Gasteiger partial charge in [0.1, 0.15) is 4.83 Å². The first kappa shape index (κ1) is 18.5. The molecule has 140 valence electrons. The molecule has 0 fully saturated rings. The van der Waals surface area contributed by atoms with Crippen molar-refractivity contribution in [1.82, 2.24) is 9.55 Å². The number of carboxylic acid groups (broad SMARTS) is 1. The molecule has 0 saturated carbocycles. The number of fused-ring (bicyclic) bond motifs is 1. The number of thiophene rings is 1. The van der Waals surface area contributed by atoms with Gasteiger partial charge in [0.05, 0.1) is 17.7 Å². The van der Waals surface area contributed by atoms with E-state index in [1.54, 1.807) is 4.57 Å². The van der Waals surface area contributed by atoms with Crippen LogP contribution in [0.2, 0.25) is 0 Å². The van der Waals surface area contributed by atoms with Gasteiger partial charge >= 0.3 is 5.97 Å². The lowest BCUT2D eigenvalue weighted by atomic mass is 10.1. The first-order valence-corrected chi connectivity index (χ1v) is 10.5. The minimum Gasteiger partial charge on any atom is -0.481 e. The van der Waals surface area contributed by atoms with Crippen molar-refractivity contribution in [1.29, 1.82) is 0 Å². The van der Waals surface area contributed by atoms with Gasteiger partial charge in [0.2, 0.25) is 0 Å². The van der Waals surface area contributed by atoms with Gasteiger partial charge in [-0.3, -0.25) is 14.2 Å². The zero-order valence-corrected chi connectivity index (χ0v) is 16.4. The van der Waals surface area contributed by atoms with Gasteiger partial charge in [-0.05, 0) is 11.1 Å². The van der Waals surface area contributed by atoms with Crippen LogP contribution in [0.15, 0.2) is 76.0 Å². The second-order valence-electron chi connectivity index (χ2n) is 6.15. The molecule has 0 bridgehead atoms. The van der Waals surface area contributed by atoms with Crippen molar-refractivity contribution in [3.8, 4) is 11.1 Å². The van der Waals surface area contributed by atoms with Crippen molar-refractivity contribution in [3.63, 3.8) is 0 Å². The molecule has 2 heterocycles. The summed E-state index contributed by atoms with van der Waals surface area (Å²) in [6, 6.07) is 19.4. The fourth-order valence-electron chi connectivity index (χ4n) is 2.98. The van der Waals surface area contributed by atoms with Crippen molar-refractivity contribution in [2.45, 2.75) is 11.7 Å². The minimum atomic E-state index is -0.943. The average molecular weight is 409 g/mol. The van der Waals surface area contributed by atoms with E-state index < -0.39 is 5.97 Å². The Hall–Kier alpha value is -2.90. The predicted molar refractivity (Wildman–Crippen MR) is 113 cm³/mol. The highest BCUT2D eigenvalue weighted by molar-refractivity contribution is 7.99. The van der Waals surface area contributed by atoms with Gasteiger partial charge in [0, 0.05) is 10.9 Å². The molecule has 0 aliphatic rings. The van der Waals surface area contributed by atoms with E-state index >= 15 is 0 Å². The number of aromatic nitrogens is 2. The Morgan fingerprint density at radius 2 is 1.75 bits per heavy atom. The van der Waals surface area contributed by atoms with Gasteiger partial charge in [0.25, 0.3) is 5.56 Å². The van der Waals surface area contributed by atoms with Crippen molar-refractivity contribution in [3.05, 3.63) is 82.0 Å². The standard InChI is InChI=1S/C21H16N2O3S2/c24-17(25)13-28-21-22-19-18(16(12-27-19)15-9-5-2-6-10-15)20(26)23(21)11-14-7-3-1-4-8-14/h1-10,12H,11,13H2,(H,24,25). The quantitative estimate of drug-likeness (QED) is 0.379. The molecule has 0 aliphatic heterocycles. The fraction of sp³-hybridized carbons (Fsp3) is 0.0952. The zero-order valence-electron chi connectivity index (χ0n) is 14.7. The third kappa shape index (κ3) is 3.72. The normalized spacial score (nSPS) is 11.0. The average Bonchev–Trinajstić information content (AvgIpc) is 3.14. The molecule has 0 spiro atoms. The molecule has 0 radical (unpaired) electrons. The van der Waals surface area contributed by atoms with Crippen molar-refractivity contribution in [2.24, 2.45) is 0 Å². The minimum absolute atomic E-state index is 0.149. The molecule has 2 aromatic carbocycles. The first-order valence-electron chi connectivity index (χ1n) is 8.59. The summed E-state index contributed by atoms with van der Waals surface area (Å²) in [6.07, 6.45) is 0. The van der Waals surface area contributed by atoms with E-state index in [1.807, 2.05) is 66.0 Å². The molecule has 0 aliphatic carbocycles. The molecule has 28 heavy (non-hydrogen) atoms. The summed E-state index contributed by atoms with van der Waals surface area (Å²) in [6.45, 7) is 0.342. The summed E-state index contributed by atoms with van der Waals surface area (Å²) in [5.74, 6) is -1.09. The molecule has 0 amide bonds. The van der Waals surface area contributed by atoms with Crippen LogP contribution < -0.4 is 5.56 Å². The number of aliphatic carboxylic acids is 1. The lowest BCUT2D eigenvalue weighted by molar-refractivity contribution is -0.133. The van der Waals surface area contributed by atoms with Gasteiger partial charge in [-0.15, -0.1) is 11.3 Å². The van der Waals surface area contributed by atoms with Crippen LogP contribution in [0.4, 0.5) is 0 Å². The molecule has 4 rings (SSSR count). The maximum atomic E-state index is 13.4. The van der Waals surface area contributed by atoms with Crippen molar-refractivity contribution >= 4 is 39.3 Å². The van der Waals surface area contributed by atoms with Gasteiger partial charge in [-0.1, -0.05) is 72.4 Å². The molecule has 2 aromatic heterocycles. The molecular formula is C21H16N2O3S2. The van der Waals surface area contributed by atoms with Crippen LogP contribution >= 0.6 is 23.1 Å². The summed E-state index contributed by atoms with van der Waals surface area (Å²) >= 11 is 2.47. The Kier molecular flexibility index (Phi) is 5.27. The molecule has 0 atom stereocenters. The number of hydrogen-bond donors (Lipinski definition) is 1. The maximum absolute atomic E-state index is 13.4. The molecule has 7 heteroatoms. The molecule has 5 nitrogen and oxygen atoms in total. The van der Waals surface area contributed by atoms with Crippen molar-refractivity contribution in [2.75, 3.05) is 5.75 Å². The fourth-order valence-corrected chi connectivity index (χ4v) is 4.68. The van der Waals surface area contributed by atoms with E-state index in [2.05, 4.69) is 4.98 Å². The Labute approximate surface area is 169 Å². The second kappa shape index (κ2) is 8.00. The zero-order chi connectivity index (χ0) is 19.5. The number of nitrogens with zero attached hydrogens (tertiary/aromatic N) is 2. The van der Waals surface area contributed by atoms with Gasteiger partial charge in [-0.25, -0.2) is 4.98 Å². The summed E-state index contributed by atoms with van der Waals surface area (Å²) in [5, 5.41) is 12.0. The highest BCUT2D eigenvalue weighted by Gasteiger charge is 2.18. The largest absolute Gasteiger partial charge is 0.481 e. The van der Waals surface area contributed by atoms with Crippen LogP contribution in [-0.4, -0.2) is 26.4 Å². The molecular weight excluding hydrogens is 392 g/mol. The van der Waals surface area contributed by atoms with Gasteiger partial charge in [-0.2, -0.15) is 0 Å².